The van der Waals surface area contributed by atoms with E-state index in [0.29, 0.717) is 0 Å². The summed E-state index contributed by atoms with van der Waals surface area (Å²) >= 11 is 3.15. The van der Waals surface area contributed by atoms with Crippen LogP contribution >= 0.6 is 23.1 Å². The van der Waals surface area contributed by atoms with Gasteiger partial charge < -0.3 is 4.90 Å². The third kappa shape index (κ3) is 3.49. The van der Waals surface area contributed by atoms with E-state index in [0.717, 1.165) is 23.1 Å². The van der Waals surface area contributed by atoms with Crippen LogP contribution in [0.1, 0.15) is 26.5 Å². The van der Waals surface area contributed by atoms with Gasteiger partial charge in [0.05, 0.1) is 5.25 Å². The van der Waals surface area contributed by atoms with Gasteiger partial charge in [0.25, 0.3) is 0 Å². The summed E-state index contributed by atoms with van der Waals surface area (Å²) in [5, 5.41) is 1.96. The highest BCUT2D eigenvalue weighted by atomic mass is 32.2. The van der Waals surface area contributed by atoms with Crippen LogP contribution in [0.25, 0.3) is 0 Å². The van der Waals surface area contributed by atoms with Crippen molar-refractivity contribution in [2.24, 2.45) is 0 Å². The van der Waals surface area contributed by atoms with E-state index >= 15 is 0 Å². The van der Waals surface area contributed by atoms with Crippen molar-refractivity contribution in [3.05, 3.63) is 11.1 Å². The predicted molar refractivity (Wildman–Crippen MR) is 70.1 cm³/mol. The summed E-state index contributed by atoms with van der Waals surface area (Å²) in [5.74, 6) is 0.197. The molecule has 3 nitrogen and oxygen atoms in total. The van der Waals surface area contributed by atoms with Crippen molar-refractivity contribution in [2.75, 3.05) is 13.1 Å². The van der Waals surface area contributed by atoms with Gasteiger partial charge in [-0.05, 0) is 27.7 Å². The third-order valence-electron chi connectivity index (χ3n) is 2.30. The number of aromatic nitrogens is 1. The zero-order valence-electron chi connectivity index (χ0n) is 10.2. The molecule has 1 heterocycles. The number of thioether (sulfide) groups is 1. The van der Waals surface area contributed by atoms with E-state index in [9.17, 15) is 4.79 Å². The van der Waals surface area contributed by atoms with Gasteiger partial charge >= 0.3 is 0 Å². The van der Waals surface area contributed by atoms with Gasteiger partial charge in [0.15, 0.2) is 4.34 Å². The van der Waals surface area contributed by atoms with Crippen LogP contribution in [0.2, 0.25) is 0 Å². The molecule has 1 rings (SSSR count). The number of hydrogen-bond acceptors (Lipinski definition) is 4. The molecule has 0 N–H and O–H groups in total. The predicted octanol–water partition coefficient (Wildman–Crippen LogP) is 2.80. The van der Waals surface area contributed by atoms with Crippen molar-refractivity contribution in [3.8, 4) is 0 Å². The van der Waals surface area contributed by atoms with E-state index in [4.69, 9.17) is 0 Å². The van der Waals surface area contributed by atoms with Crippen molar-refractivity contribution in [2.45, 2.75) is 37.3 Å². The number of nitrogens with zero attached hydrogens (tertiary/aromatic N) is 2. The highest BCUT2D eigenvalue weighted by Crippen LogP contribution is 2.27. The van der Waals surface area contributed by atoms with Gasteiger partial charge in [-0.1, -0.05) is 11.8 Å². The summed E-state index contributed by atoms with van der Waals surface area (Å²) in [5.41, 5.74) is 1.02. The van der Waals surface area contributed by atoms with Gasteiger partial charge in [-0.25, -0.2) is 4.98 Å². The molecule has 0 radical (unpaired) electrons. The van der Waals surface area contributed by atoms with Gasteiger partial charge in [-0.2, -0.15) is 0 Å². The van der Waals surface area contributed by atoms with E-state index in [1.165, 1.54) is 0 Å². The van der Waals surface area contributed by atoms with Crippen molar-refractivity contribution in [3.63, 3.8) is 0 Å². The van der Waals surface area contributed by atoms with E-state index in [1.807, 2.05) is 38.0 Å². The molecule has 0 aliphatic carbocycles. The largest absolute Gasteiger partial charge is 0.342 e. The second-order valence-corrected chi connectivity index (χ2v) is 5.97. The maximum atomic E-state index is 12.0. The molecule has 16 heavy (non-hydrogen) atoms. The van der Waals surface area contributed by atoms with Crippen LogP contribution in [-0.2, 0) is 4.79 Å². The SMILES string of the molecule is CCN(CC)C(=O)C(C)Sc1nc(C)cs1. The van der Waals surface area contributed by atoms with Gasteiger partial charge in [0.1, 0.15) is 0 Å². The average molecular weight is 258 g/mol. The quantitative estimate of drug-likeness (QED) is 0.761. The van der Waals surface area contributed by atoms with Crippen LogP contribution in [0, 0.1) is 6.92 Å². The molecule has 0 aromatic carbocycles. The molecule has 1 atom stereocenters. The van der Waals surface area contributed by atoms with Crippen LogP contribution < -0.4 is 0 Å². The molecular formula is C11H18N2OS2. The monoisotopic (exact) mass is 258 g/mol. The number of thiazole rings is 1. The van der Waals surface area contributed by atoms with E-state index in [1.54, 1.807) is 23.1 Å². The summed E-state index contributed by atoms with van der Waals surface area (Å²) in [6, 6.07) is 0. The van der Waals surface area contributed by atoms with Gasteiger partial charge in [0, 0.05) is 24.2 Å². The Hall–Kier alpha value is -0.550. The number of hydrogen-bond donors (Lipinski definition) is 0. The van der Waals surface area contributed by atoms with Gasteiger partial charge in [-0.15, -0.1) is 11.3 Å². The number of amides is 1. The normalized spacial score (nSPS) is 12.5. The Bertz CT molecular complexity index is 348. The Kier molecular flexibility index (Phi) is 5.28. The van der Waals surface area contributed by atoms with E-state index < -0.39 is 0 Å². The summed E-state index contributed by atoms with van der Waals surface area (Å²) < 4.78 is 0.977. The fourth-order valence-electron chi connectivity index (χ4n) is 1.38. The number of aryl methyl sites for hydroxylation is 1. The van der Waals surface area contributed by atoms with Crippen LogP contribution in [0.5, 0.6) is 0 Å². The first-order valence-corrected chi connectivity index (χ1v) is 7.22. The molecule has 0 aliphatic rings. The van der Waals surface area contributed by atoms with E-state index in [-0.39, 0.29) is 11.2 Å². The molecule has 1 aromatic rings. The first-order chi connectivity index (χ1) is 7.58. The molecule has 90 valence electrons. The Morgan fingerprint density at radius 3 is 2.62 bits per heavy atom. The molecule has 0 spiro atoms. The lowest BCUT2D eigenvalue weighted by molar-refractivity contribution is -0.129. The molecule has 0 saturated carbocycles. The summed E-state index contributed by atoms with van der Waals surface area (Å²) in [6.07, 6.45) is 0. The Morgan fingerprint density at radius 1 is 1.56 bits per heavy atom. The minimum Gasteiger partial charge on any atom is -0.342 e. The second-order valence-electron chi connectivity index (χ2n) is 3.53. The summed E-state index contributed by atoms with van der Waals surface area (Å²) in [4.78, 5) is 18.2. The zero-order valence-corrected chi connectivity index (χ0v) is 11.8. The van der Waals surface area contributed by atoms with Gasteiger partial charge in [-0.3, -0.25) is 4.79 Å². The standard InChI is InChI=1S/C11H18N2OS2/c1-5-13(6-2)10(14)9(4)16-11-12-8(3)7-15-11/h7,9H,5-6H2,1-4H3. The van der Waals surface area contributed by atoms with Crippen LogP contribution in [0.15, 0.2) is 9.72 Å². The molecule has 1 aromatic heterocycles. The molecule has 0 bridgehead atoms. The zero-order chi connectivity index (χ0) is 12.1. The second kappa shape index (κ2) is 6.25. The Morgan fingerprint density at radius 2 is 2.19 bits per heavy atom. The van der Waals surface area contributed by atoms with Crippen molar-refractivity contribution in [1.29, 1.82) is 0 Å². The summed E-state index contributed by atoms with van der Waals surface area (Å²) in [7, 11) is 0. The topological polar surface area (TPSA) is 33.2 Å². The summed E-state index contributed by atoms with van der Waals surface area (Å²) in [6.45, 7) is 9.48. The maximum Gasteiger partial charge on any atom is 0.235 e. The molecule has 0 fully saturated rings. The molecule has 0 aliphatic heterocycles. The smallest absolute Gasteiger partial charge is 0.235 e. The molecule has 1 amide bonds. The van der Waals surface area contributed by atoms with E-state index in [2.05, 4.69) is 4.98 Å². The Balaban J connectivity index is 2.57. The van der Waals surface area contributed by atoms with Crippen LogP contribution in [-0.4, -0.2) is 34.1 Å². The fraction of sp³-hybridized carbons (Fsp3) is 0.636. The third-order valence-corrected chi connectivity index (χ3v) is 4.48. The van der Waals surface area contributed by atoms with Crippen molar-refractivity contribution in [1.82, 2.24) is 9.88 Å². The molecule has 5 heteroatoms. The maximum absolute atomic E-state index is 12.0. The highest BCUT2D eigenvalue weighted by molar-refractivity contribution is 8.02. The van der Waals surface area contributed by atoms with Crippen LogP contribution in [0.3, 0.4) is 0 Å². The fourth-order valence-corrected chi connectivity index (χ4v) is 3.45. The van der Waals surface area contributed by atoms with Crippen molar-refractivity contribution < 1.29 is 4.79 Å². The van der Waals surface area contributed by atoms with Crippen molar-refractivity contribution >= 4 is 29.0 Å². The lowest BCUT2D eigenvalue weighted by Crippen LogP contribution is -2.36. The first kappa shape index (κ1) is 13.5. The average Bonchev–Trinajstić information content (AvgIpc) is 2.65. The lowest BCUT2D eigenvalue weighted by Gasteiger charge is -2.21. The lowest BCUT2D eigenvalue weighted by atomic mass is 10.4. The Labute approximate surface area is 105 Å². The minimum absolute atomic E-state index is 0.0505. The van der Waals surface area contributed by atoms with Gasteiger partial charge in [0.2, 0.25) is 5.91 Å². The molecule has 0 saturated heterocycles. The minimum atomic E-state index is -0.0505. The molecular weight excluding hydrogens is 240 g/mol. The number of carbonyl (C=O) groups excluding carboxylic acids is 1. The highest BCUT2D eigenvalue weighted by Gasteiger charge is 2.20. The first-order valence-electron chi connectivity index (χ1n) is 5.46. The van der Waals surface area contributed by atoms with Crippen LogP contribution in [0.4, 0.5) is 0 Å². The number of carbonyl (C=O) groups is 1. The molecule has 1 unspecified atom stereocenters. The number of rotatable bonds is 5.